The van der Waals surface area contributed by atoms with Crippen molar-refractivity contribution >= 4 is 28.1 Å². The van der Waals surface area contributed by atoms with Crippen LogP contribution >= 0.6 is 12.4 Å². The Bertz CT molecular complexity index is 749. The van der Waals surface area contributed by atoms with Gasteiger partial charge in [-0.1, -0.05) is 24.2 Å². The monoisotopic (exact) mass is 374 g/mol. The molecule has 0 spiro atoms. The second-order valence-corrected chi connectivity index (χ2v) is 7.22. The van der Waals surface area contributed by atoms with Crippen LogP contribution in [0.5, 0.6) is 0 Å². The first-order valence-corrected chi connectivity index (χ1v) is 9.20. The summed E-state index contributed by atoms with van der Waals surface area (Å²) < 4.78 is 31.8. The summed E-state index contributed by atoms with van der Waals surface area (Å²) in [5.74, 6) is 0.946. The van der Waals surface area contributed by atoms with Crippen molar-refractivity contribution < 1.29 is 12.9 Å². The van der Waals surface area contributed by atoms with Crippen LogP contribution in [-0.2, 0) is 16.4 Å². The topological polar surface area (TPSA) is 97.1 Å². The number of halogens is 1. The Morgan fingerprint density at radius 3 is 2.67 bits per heavy atom. The van der Waals surface area contributed by atoms with Crippen LogP contribution in [0.4, 0.5) is 5.69 Å². The Kier molecular flexibility index (Phi) is 7.65. The van der Waals surface area contributed by atoms with Crippen LogP contribution in [0.2, 0.25) is 0 Å². The van der Waals surface area contributed by atoms with Crippen molar-refractivity contribution in [3.8, 4) is 11.5 Å². The van der Waals surface area contributed by atoms with E-state index in [0.717, 1.165) is 0 Å². The molecular formula is C15H23ClN4O3S. The van der Waals surface area contributed by atoms with Crippen LogP contribution in [0.15, 0.2) is 28.8 Å². The van der Waals surface area contributed by atoms with E-state index >= 15 is 0 Å². The number of hydrogen-bond acceptors (Lipinski definition) is 6. The van der Waals surface area contributed by atoms with Gasteiger partial charge in [0.05, 0.1) is 17.0 Å². The summed E-state index contributed by atoms with van der Waals surface area (Å²) >= 11 is 0. The van der Waals surface area contributed by atoms with Crippen LogP contribution in [0.25, 0.3) is 11.5 Å². The number of nitrogens with one attached hydrogen (secondary N) is 2. The Hall–Kier alpha value is -1.64. The zero-order valence-electron chi connectivity index (χ0n) is 13.9. The normalized spacial score (nSPS) is 12.5. The van der Waals surface area contributed by atoms with E-state index in [9.17, 15) is 8.42 Å². The summed E-state index contributed by atoms with van der Waals surface area (Å²) in [7, 11) is -1.52. The third-order valence-corrected chi connectivity index (χ3v) is 4.82. The molecule has 1 aromatic heterocycles. The van der Waals surface area contributed by atoms with Gasteiger partial charge in [0.2, 0.25) is 10.0 Å². The molecule has 1 unspecified atom stereocenters. The van der Waals surface area contributed by atoms with Gasteiger partial charge in [-0.05, 0) is 32.5 Å². The van der Waals surface area contributed by atoms with Crippen molar-refractivity contribution in [2.75, 3.05) is 17.5 Å². The van der Waals surface area contributed by atoms with Crippen LogP contribution in [0.1, 0.15) is 26.1 Å². The zero-order chi connectivity index (χ0) is 16.9. The van der Waals surface area contributed by atoms with E-state index in [1.165, 1.54) is 0 Å². The largest absolute Gasteiger partial charge is 0.334 e. The van der Waals surface area contributed by atoms with Gasteiger partial charge in [0, 0.05) is 12.5 Å². The molecule has 0 fully saturated rings. The van der Waals surface area contributed by atoms with Crippen molar-refractivity contribution in [1.29, 1.82) is 0 Å². The maximum absolute atomic E-state index is 12.0. The molecule has 24 heavy (non-hydrogen) atoms. The molecule has 0 aliphatic heterocycles. The van der Waals surface area contributed by atoms with E-state index in [2.05, 4.69) is 20.2 Å². The molecule has 9 heteroatoms. The number of likely N-dealkylation sites (N-methyl/N-ethyl adjacent to an activating group) is 1. The van der Waals surface area contributed by atoms with E-state index in [1.807, 2.05) is 20.9 Å². The third kappa shape index (κ3) is 5.47. The fraction of sp³-hybridized carbons (Fsp3) is 0.467. The first-order valence-electron chi connectivity index (χ1n) is 7.55. The van der Waals surface area contributed by atoms with E-state index in [4.69, 9.17) is 4.52 Å². The van der Waals surface area contributed by atoms with Gasteiger partial charge < -0.3 is 9.84 Å². The summed E-state index contributed by atoms with van der Waals surface area (Å²) in [6, 6.07) is 7.21. The van der Waals surface area contributed by atoms with Crippen LogP contribution in [-0.4, -0.2) is 37.4 Å². The second kappa shape index (κ2) is 9.00. The maximum Gasteiger partial charge on any atom is 0.260 e. The van der Waals surface area contributed by atoms with Crippen LogP contribution in [0, 0.1) is 0 Å². The average Bonchev–Trinajstić information content (AvgIpc) is 2.95. The van der Waals surface area contributed by atoms with Gasteiger partial charge in [-0.2, -0.15) is 4.98 Å². The zero-order valence-corrected chi connectivity index (χ0v) is 15.6. The lowest BCUT2D eigenvalue weighted by Crippen LogP contribution is -2.24. The molecule has 0 radical (unpaired) electrons. The van der Waals surface area contributed by atoms with Gasteiger partial charge >= 0.3 is 0 Å². The van der Waals surface area contributed by atoms with Gasteiger partial charge in [-0.15, -0.1) is 12.4 Å². The number of sulfonamides is 1. The predicted octanol–water partition coefficient (Wildman–Crippen LogP) is 2.46. The van der Waals surface area contributed by atoms with Gasteiger partial charge in [0.15, 0.2) is 5.82 Å². The Morgan fingerprint density at radius 1 is 1.29 bits per heavy atom. The molecule has 134 valence electrons. The van der Waals surface area contributed by atoms with Crippen LogP contribution < -0.4 is 10.0 Å². The van der Waals surface area contributed by atoms with Crippen molar-refractivity contribution in [1.82, 2.24) is 15.5 Å². The number of para-hydroxylation sites is 1. The highest BCUT2D eigenvalue weighted by molar-refractivity contribution is 7.92. The lowest BCUT2D eigenvalue weighted by atomic mass is 10.2. The number of nitrogens with zero attached hydrogens (tertiary/aromatic N) is 2. The summed E-state index contributed by atoms with van der Waals surface area (Å²) in [5, 5.41) is 7.06. The van der Waals surface area contributed by atoms with Gasteiger partial charge in [-0.25, -0.2) is 8.42 Å². The molecule has 0 amide bonds. The minimum Gasteiger partial charge on any atom is -0.334 e. The molecular weight excluding hydrogens is 352 g/mol. The number of benzene rings is 1. The van der Waals surface area contributed by atoms with Crippen molar-refractivity contribution in [2.45, 2.75) is 32.7 Å². The molecule has 0 aliphatic rings. The third-order valence-electron chi connectivity index (χ3n) is 3.35. The van der Waals surface area contributed by atoms with Crippen LogP contribution in [0.3, 0.4) is 0 Å². The second-order valence-electron chi connectivity index (χ2n) is 5.38. The molecule has 2 aromatic rings. The summed E-state index contributed by atoms with van der Waals surface area (Å²) in [6.45, 7) is 3.83. The fourth-order valence-corrected chi connectivity index (χ4v) is 3.22. The van der Waals surface area contributed by atoms with Gasteiger partial charge in [0.25, 0.3) is 5.89 Å². The molecule has 0 bridgehead atoms. The van der Waals surface area contributed by atoms with E-state index in [1.54, 1.807) is 24.3 Å². The summed E-state index contributed by atoms with van der Waals surface area (Å²) in [6.07, 6.45) is 1.17. The van der Waals surface area contributed by atoms with Gasteiger partial charge in [0.1, 0.15) is 0 Å². The Morgan fingerprint density at radius 2 is 2.00 bits per heavy atom. The van der Waals surface area contributed by atoms with E-state index < -0.39 is 10.0 Å². The van der Waals surface area contributed by atoms with E-state index in [0.29, 0.717) is 35.8 Å². The summed E-state index contributed by atoms with van der Waals surface area (Å²) in [4.78, 5) is 4.35. The molecule has 7 nitrogen and oxygen atoms in total. The standard InChI is InChI=1S/C15H22N4O3S.ClH/c1-4-9-23(20,21)19-13-8-6-5-7-12(13)15-17-14(18-22-15)10-11(2)16-3;/h5-8,11,16,19H,4,9-10H2,1-3H3;1H. The highest BCUT2D eigenvalue weighted by Gasteiger charge is 2.17. The SMILES string of the molecule is CCCS(=O)(=O)Nc1ccccc1-c1nc(CC(C)NC)no1.Cl. The molecule has 1 heterocycles. The minimum absolute atomic E-state index is 0. The minimum atomic E-state index is -3.38. The molecule has 2 rings (SSSR count). The summed E-state index contributed by atoms with van der Waals surface area (Å²) in [5.41, 5.74) is 1.01. The van der Waals surface area contributed by atoms with Crippen molar-refractivity contribution in [2.24, 2.45) is 0 Å². The molecule has 2 N–H and O–H groups in total. The van der Waals surface area contributed by atoms with Gasteiger partial charge in [-0.3, -0.25) is 4.72 Å². The first kappa shape index (κ1) is 20.4. The Labute approximate surface area is 148 Å². The number of rotatable bonds is 8. The lowest BCUT2D eigenvalue weighted by molar-refractivity contribution is 0.418. The first-order chi connectivity index (χ1) is 10.9. The molecule has 0 aliphatic carbocycles. The highest BCUT2D eigenvalue weighted by Crippen LogP contribution is 2.27. The maximum atomic E-state index is 12.0. The number of aromatic nitrogens is 2. The smallest absolute Gasteiger partial charge is 0.260 e. The van der Waals surface area contributed by atoms with E-state index in [-0.39, 0.29) is 24.2 Å². The highest BCUT2D eigenvalue weighted by atomic mass is 35.5. The van der Waals surface area contributed by atoms with Crippen molar-refractivity contribution in [3.05, 3.63) is 30.1 Å². The molecule has 0 saturated heterocycles. The Balaban J connectivity index is 0.00000288. The molecule has 1 aromatic carbocycles. The average molecular weight is 375 g/mol. The number of hydrogen-bond donors (Lipinski definition) is 2. The predicted molar refractivity (Wildman–Crippen MR) is 96.9 cm³/mol. The number of anilines is 1. The molecule has 1 atom stereocenters. The fourth-order valence-electron chi connectivity index (χ4n) is 2.07. The lowest BCUT2D eigenvalue weighted by Gasteiger charge is -2.09. The quantitative estimate of drug-likeness (QED) is 0.736. The molecule has 0 saturated carbocycles. The van der Waals surface area contributed by atoms with Crippen molar-refractivity contribution in [3.63, 3.8) is 0 Å².